The lowest BCUT2D eigenvalue weighted by Gasteiger charge is -2.16. The second kappa shape index (κ2) is 7.44. The van der Waals surface area contributed by atoms with Crippen LogP contribution >= 0.6 is 24.8 Å². The van der Waals surface area contributed by atoms with E-state index in [2.05, 4.69) is 10.4 Å². The molecule has 0 bridgehead atoms. The number of rotatable bonds is 4. The summed E-state index contributed by atoms with van der Waals surface area (Å²) in [6.45, 7) is 2.93. The van der Waals surface area contributed by atoms with Gasteiger partial charge in [-0.25, -0.2) is 0 Å². The van der Waals surface area contributed by atoms with Gasteiger partial charge in [0.25, 0.3) is 10.1 Å². The highest BCUT2D eigenvalue weighted by atomic mass is 35.5. The average Bonchev–Trinajstić information content (AvgIpc) is 2.84. The van der Waals surface area contributed by atoms with Crippen molar-refractivity contribution in [1.29, 1.82) is 0 Å². The molecule has 1 aromatic rings. The monoisotopic (exact) mass is 331 g/mol. The van der Waals surface area contributed by atoms with Gasteiger partial charge in [0.2, 0.25) is 0 Å². The summed E-state index contributed by atoms with van der Waals surface area (Å²) in [4.78, 5) is 0. The Morgan fingerprint density at radius 1 is 1.47 bits per heavy atom. The Morgan fingerprint density at radius 2 is 2.16 bits per heavy atom. The van der Waals surface area contributed by atoms with E-state index < -0.39 is 15.4 Å². The van der Waals surface area contributed by atoms with Gasteiger partial charge < -0.3 is 5.32 Å². The molecule has 1 aromatic heterocycles. The number of nitrogens with one attached hydrogen (secondary N) is 1. The molecule has 112 valence electrons. The van der Waals surface area contributed by atoms with Crippen LogP contribution in [0.15, 0.2) is 12.4 Å². The Balaban J connectivity index is 0.00000162. The van der Waals surface area contributed by atoms with Gasteiger partial charge in [0.05, 0.1) is 12.8 Å². The lowest BCUT2D eigenvalue weighted by Crippen LogP contribution is -2.29. The standard InChI is InChI=1S/C10H17N3O3S.2ClH/c1-3-16-17(14,15)10-6-11-5-9(10)8-4-12-13(2)7-8;;/h4,7,9-11H,3,5-6H2,1-2H3;2*1H. The van der Waals surface area contributed by atoms with Crippen LogP contribution in [0.2, 0.25) is 0 Å². The van der Waals surface area contributed by atoms with E-state index in [1.165, 1.54) is 0 Å². The summed E-state index contributed by atoms with van der Waals surface area (Å²) in [6.07, 6.45) is 3.57. The van der Waals surface area contributed by atoms with Crippen LogP contribution in [0, 0.1) is 0 Å². The van der Waals surface area contributed by atoms with E-state index in [0.29, 0.717) is 13.1 Å². The number of halogens is 2. The van der Waals surface area contributed by atoms with Gasteiger partial charge in [-0.1, -0.05) is 0 Å². The summed E-state index contributed by atoms with van der Waals surface area (Å²) in [7, 11) is -1.68. The topological polar surface area (TPSA) is 73.2 Å². The molecule has 0 radical (unpaired) electrons. The van der Waals surface area contributed by atoms with Gasteiger partial charge in [-0.3, -0.25) is 8.86 Å². The lowest BCUT2D eigenvalue weighted by molar-refractivity contribution is 0.330. The van der Waals surface area contributed by atoms with Crippen molar-refractivity contribution in [2.24, 2.45) is 7.05 Å². The number of hydrogen-bond donors (Lipinski definition) is 1. The molecule has 1 aliphatic rings. The van der Waals surface area contributed by atoms with Crippen LogP contribution in [0.5, 0.6) is 0 Å². The molecular formula is C10H19Cl2N3O3S. The summed E-state index contributed by atoms with van der Waals surface area (Å²) in [5.41, 5.74) is 0.936. The van der Waals surface area contributed by atoms with Crippen LogP contribution in [0.3, 0.4) is 0 Å². The average molecular weight is 332 g/mol. The zero-order valence-corrected chi connectivity index (χ0v) is 13.2. The van der Waals surface area contributed by atoms with Crippen molar-refractivity contribution in [2.75, 3.05) is 19.7 Å². The van der Waals surface area contributed by atoms with E-state index in [9.17, 15) is 8.42 Å². The highest BCUT2D eigenvalue weighted by molar-refractivity contribution is 7.87. The summed E-state index contributed by atoms with van der Waals surface area (Å²) in [5.74, 6) is -0.0831. The Bertz CT molecular complexity index is 492. The Hall–Kier alpha value is -0.340. The second-order valence-corrected chi connectivity index (χ2v) is 5.98. The van der Waals surface area contributed by atoms with Gasteiger partial charge in [-0.2, -0.15) is 13.5 Å². The molecule has 2 unspecified atom stereocenters. The fraction of sp³-hybridized carbons (Fsp3) is 0.700. The molecule has 1 saturated heterocycles. The van der Waals surface area contributed by atoms with Crippen LogP contribution in [0.25, 0.3) is 0 Å². The third-order valence-corrected chi connectivity index (χ3v) is 4.77. The highest BCUT2D eigenvalue weighted by Crippen LogP contribution is 2.28. The first kappa shape index (κ1) is 18.7. The van der Waals surface area contributed by atoms with Gasteiger partial charge >= 0.3 is 0 Å². The molecule has 6 nitrogen and oxygen atoms in total. The molecule has 19 heavy (non-hydrogen) atoms. The fourth-order valence-electron chi connectivity index (χ4n) is 2.17. The van der Waals surface area contributed by atoms with Crippen LogP contribution in [0.4, 0.5) is 0 Å². The zero-order chi connectivity index (χ0) is 12.5. The number of hydrogen-bond acceptors (Lipinski definition) is 5. The predicted octanol–water partition coefficient (Wildman–Crippen LogP) is 0.685. The lowest BCUT2D eigenvalue weighted by atomic mass is 10.0. The van der Waals surface area contributed by atoms with Gasteiger partial charge in [0.1, 0.15) is 5.25 Å². The molecule has 0 amide bonds. The van der Waals surface area contributed by atoms with E-state index in [1.54, 1.807) is 17.8 Å². The number of nitrogens with zero attached hydrogens (tertiary/aromatic N) is 2. The molecule has 0 aromatic carbocycles. The molecule has 9 heteroatoms. The van der Waals surface area contributed by atoms with Crippen molar-refractivity contribution >= 4 is 34.9 Å². The SMILES string of the molecule is CCOS(=O)(=O)C1CNCC1c1cnn(C)c1.Cl.Cl. The summed E-state index contributed by atoms with van der Waals surface area (Å²) in [6, 6.07) is 0. The van der Waals surface area contributed by atoms with Gasteiger partial charge in [-0.05, 0) is 12.5 Å². The smallest absolute Gasteiger partial charge is 0.272 e. The minimum atomic E-state index is -3.50. The fourth-order valence-corrected chi connectivity index (χ4v) is 3.65. The molecular weight excluding hydrogens is 313 g/mol. The Labute approximate surface area is 125 Å². The maximum Gasteiger partial charge on any atom is 0.272 e. The maximum atomic E-state index is 11.9. The molecule has 0 spiro atoms. The van der Waals surface area contributed by atoms with Crippen LogP contribution < -0.4 is 5.32 Å². The van der Waals surface area contributed by atoms with Crippen molar-refractivity contribution in [3.63, 3.8) is 0 Å². The zero-order valence-electron chi connectivity index (χ0n) is 10.8. The molecule has 2 rings (SSSR count). The van der Waals surface area contributed by atoms with Gasteiger partial charge in [-0.15, -0.1) is 24.8 Å². The normalized spacial score (nSPS) is 22.6. The number of aromatic nitrogens is 2. The third-order valence-electron chi connectivity index (χ3n) is 2.96. The van der Waals surface area contributed by atoms with Gasteiger partial charge in [0.15, 0.2) is 0 Å². The van der Waals surface area contributed by atoms with Gasteiger partial charge in [0, 0.05) is 32.3 Å². The molecule has 0 saturated carbocycles. The highest BCUT2D eigenvalue weighted by Gasteiger charge is 2.39. The predicted molar refractivity (Wildman–Crippen MR) is 77.6 cm³/mol. The van der Waals surface area contributed by atoms with Crippen molar-refractivity contribution in [1.82, 2.24) is 15.1 Å². The summed E-state index contributed by atoms with van der Waals surface area (Å²) < 4.78 is 30.4. The Morgan fingerprint density at radius 3 is 2.68 bits per heavy atom. The first-order valence-electron chi connectivity index (χ1n) is 5.62. The minimum Gasteiger partial charge on any atom is -0.315 e. The maximum absolute atomic E-state index is 11.9. The van der Waals surface area contributed by atoms with E-state index in [4.69, 9.17) is 4.18 Å². The quantitative estimate of drug-likeness (QED) is 0.821. The summed E-state index contributed by atoms with van der Waals surface area (Å²) >= 11 is 0. The van der Waals surface area contributed by atoms with Crippen LogP contribution in [0.1, 0.15) is 18.4 Å². The Kier molecular flexibility index (Phi) is 7.31. The molecule has 2 heterocycles. The minimum absolute atomic E-state index is 0. The van der Waals surface area contributed by atoms with Crippen molar-refractivity contribution in [2.45, 2.75) is 18.1 Å². The summed E-state index contributed by atoms with van der Waals surface area (Å²) in [5, 5.41) is 6.65. The largest absolute Gasteiger partial charge is 0.315 e. The van der Waals surface area contributed by atoms with E-state index in [-0.39, 0.29) is 37.3 Å². The number of aryl methyl sites for hydroxylation is 1. The van der Waals surface area contributed by atoms with Crippen LogP contribution in [-0.2, 0) is 21.3 Å². The molecule has 2 atom stereocenters. The molecule has 0 aliphatic carbocycles. The molecule has 1 aliphatic heterocycles. The first-order chi connectivity index (χ1) is 8.04. The van der Waals surface area contributed by atoms with E-state index in [1.807, 2.05) is 13.2 Å². The van der Waals surface area contributed by atoms with Crippen molar-refractivity contribution < 1.29 is 12.6 Å². The van der Waals surface area contributed by atoms with Crippen LogP contribution in [-0.4, -0.2) is 43.1 Å². The van der Waals surface area contributed by atoms with E-state index >= 15 is 0 Å². The van der Waals surface area contributed by atoms with Crippen molar-refractivity contribution in [3.05, 3.63) is 18.0 Å². The van der Waals surface area contributed by atoms with E-state index in [0.717, 1.165) is 5.56 Å². The second-order valence-electron chi connectivity index (χ2n) is 4.15. The molecule has 1 N–H and O–H groups in total. The molecule has 1 fully saturated rings. The third kappa shape index (κ3) is 4.06. The van der Waals surface area contributed by atoms with Crippen molar-refractivity contribution in [3.8, 4) is 0 Å². The first-order valence-corrected chi connectivity index (χ1v) is 7.09.